The summed E-state index contributed by atoms with van der Waals surface area (Å²) in [6.45, 7) is 11.8. The minimum Gasteiger partial charge on any atom is -0.392 e. The van der Waals surface area contributed by atoms with Crippen LogP contribution in [-0.2, 0) is 0 Å². The van der Waals surface area contributed by atoms with Crippen LogP contribution in [0, 0.1) is 28.6 Å². The number of rotatable bonds is 1. The van der Waals surface area contributed by atoms with Gasteiger partial charge in [0.2, 0.25) is 0 Å². The molecule has 3 aliphatic rings. The van der Waals surface area contributed by atoms with Crippen LogP contribution in [0.15, 0.2) is 23.3 Å². The lowest BCUT2D eigenvalue weighted by atomic mass is 9.47. The van der Waals surface area contributed by atoms with Crippen LogP contribution in [0.25, 0.3) is 0 Å². The Bertz CT molecular complexity index is 482. The molecule has 0 amide bonds. The molecule has 3 aliphatic carbocycles. The third-order valence-electron chi connectivity index (χ3n) is 6.86. The van der Waals surface area contributed by atoms with E-state index in [1.807, 2.05) is 0 Å². The van der Waals surface area contributed by atoms with Crippen molar-refractivity contribution in [3.05, 3.63) is 23.3 Å². The lowest BCUT2D eigenvalue weighted by Gasteiger charge is -2.58. The Labute approximate surface area is 130 Å². The van der Waals surface area contributed by atoms with E-state index in [1.54, 1.807) is 0 Å². The molecule has 118 valence electrons. The van der Waals surface area contributed by atoms with Gasteiger partial charge in [0.1, 0.15) is 0 Å². The van der Waals surface area contributed by atoms with E-state index in [9.17, 15) is 5.11 Å². The molecule has 1 nitrogen and oxygen atoms in total. The first-order valence-electron chi connectivity index (χ1n) is 8.84. The van der Waals surface area contributed by atoms with Crippen LogP contribution in [0.1, 0.15) is 66.7 Å². The van der Waals surface area contributed by atoms with E-state index in [-0.39, 0.29) is 11.5 Å². The maximum atomic E-state index is 10.9. The molecule has 0 saturated heterocycles. The molecule has 0 radical (unpaired) electrons. The van der Waals surface area contributed by atoms with Gasteiger partial charge in [-0.25, -0.2) is 0 Å². The van der Waals surface area contributed by atoms with Gasteiger partial charge >= 0.3 is 0 Å². The third kappa shape index (κ3) is 2.32. The number of aliphatic hydroxyl groups is 1. The van der Waals surface area contributed by atoms with Gasteiger partial charge in [-0.2, -0.15) is 0 Å². The lowest BCUT2D eigenvalue weighted by molar-refractivity contribution is -0.0756. The summed E-state index contributed by atoms with van der Waals surface area (Å²) in [7, 11) is 0. The Hall–Kier alpha value is -0.560. The Morgan fingerprint density at radius 3 is 2.57 bits per heavy atom. The van der Waals surface area contributed by atoms with Crippen LogP contribution >= 0.6 is 0 Å². The molecule has 0 aromatic heterocycles. The van der Waals surface area contributed by atoms with E-state index in [4.69, 9.17) is 0 Å². The first-order valence-corrected chi connectivity index (χ1v) is 8.84. The number of allylic oxidation sites excluding steroid dienone is 2. The standard InChI is InChI=1S/C20H32O/c1-13(2)15-11-14-7-8-17-19(3,4)9-6-10-20(17,5)18(14)16(21)12-15/h7,11,13,16-18,21H,6,8-10,12H2,1-5H3/t16-,17+,18-,20+/m1/s1. The van der Waals surface area contributed by atoms with Crippen molar-refractivity contribution in [2.45, 2.75) is 72.8 Å². The van der Waals surface area contributed by atoms with Gasteiger partial charge in [-0.15, -0.1) is 0 Å². The monoisotopic (exact) mass is 288 g/mol. The Balaban J connectivity index is 2.03. The van der Waals surface area contributed by atoms with Crippen molar-refractivity contribution >= 4 is 0 Å². The van der Waals surface area contributed by atoms with E-state index in [1.165, 1.54) is 36.8 Å². The zero-order chi connectivity index (χ0) is 15.4. The molecule has 4 atom stereocenters. The Morgan fingerprint density at radius 1 is 1.19 bits per heavy atom. The summed E-state index contributed by atoms with van der Waals surface area (Å²) in [6.07, 6.45) is 10.7. The fourth-order valence-corrected chi connectivity index (χ4v) is 5.73. The first kappa shape index (κ1) is 15.3. The largest absolute Gasteiger partial charge is 0.392 e. The van der Waals surface area contributed by atoms with Crippen molar-refractivity contribution < 1.29 is 5.11 Å². The van der Waals surface area contributed by atoms with Crippen molar-refractivity contribution in [3.8, 4) is 0 Å². The molecule has 0 unspecified atom stereocenters. The maximum Gasteiger partial charge on any atom is 0.0651 e. The number of fused-ring (bicyclic) bond motifs is 3. The summed E-state index contributed by atoms with van der Waals surface area (Å²) in [6, 6.07) is 0. The molecule has 21 heavy (non-hydrogen) atoms. The van der Waals surface area contributed by atoms with Gasteiger partial charge in [-0.3, -0.25) is 0 Å². The van der Waals surface area contributed by atoms with Crippen LogP contribution in [-0.4, -0.2) is 11.2 Å². The zero-order valence-corrected chi connectivity index (χ0v) is 14.4. The van der Waals surface area contributed by atoms with E-state index in [0.29, 0.717) is 17.3 Å². The van der Waals surface area contributed by atoms with Gasteiger partial charge in [-0.05, 0) is 53.9 Å². The summed E-state index contributed by atoms with van der Waals surface area (Å²) in [4.78, 5) is 0. The van der Waals surface area contributed by atoms with Crippen molar-refractivity contribution in [1.29, 1.82) is 0 Å². The average molecular weight is 288 g/mol. The van der Waals surface area contributed by atoms with Crippen LogP contribution in [0.5, 0.6) is 0 Å². The van der Waals surface area contributed by atoms with Crippen LogP contribution in [0.2, 0.25) is 0 Å². The van der Waals surface area contributed by atoms with Gasteiger partial charge in [0.25, 0.3) is 0 Å². The lowest BCUT2D eigenvalue weighted by Crippen LogP contribution is -2.52. The SMILES string of the molecule is CC(C)C1=CC2=CC[C@H]3C(C)(C)CCC[C@]3(C)[C@H]2[C@H](O)C1. The molecule has 1 fully saturated rings. The van der Waals surface area contributed by atoms with Crippen LogP contribution in [0.4, 0.5) is 0 Å². The molecule has 1 N–H and O–H groups in total. The molecule has 3 rings (SSSR count). The Kier molecular flexibility index (Phi) is 3.64. The van der Waals surface area contributed by atoms with E-state index in [0.717, 1.165) is 12.3 Å². The van der Waals surface area contributed by atoms with Gasteiger partial charge < -0.3 is 5.11 Å². The minimum absolute atomic E-state index is 0.180. The second-order valence-corrected chi connectivity index (χ2v) is 8.96. The fraction of sp³-hybridized carbons (Fsp3) is 0.800. The fourth-order valence-electron chi connectivity index (χ4n) is 5.73. The van der Waals surface area contributed by atoms with Crippen molar-refractivity contribution in [3.63, 3.8) is 0 Å². The molecule has 0 spiro atoms. The van der Waals surface area contributed by atoms with Crippen molar-refractivity contribution in [2.75, 3.05) is 0 Å². The molecule has 0 heterocycles. The minimum atomic E-state index is -0.180. The quantitative estimate of drug-likeness (QED) is 0.710. The normalized spacial score (nSPS) is 42.0. The Morgan fingerprint density at radius 2 is 1.90 bits per heavy atom. The van der Waals surface area contributed by atoms with E-state index < -0.39 is 0 Å². The second kappa shape index (κ2) is 4.98. The highest BCUT2D eigenvalue weighted by atomic mass is 16.3. The zero-order valence-electron chi connectivity index (χ0n) is 14.4. The highest BCUT2D eigenvalue weighted by Gasteiger charge is 2.54. The van der Waals surface area contributed by atoms with Gasteiger partial charge in [0, 0.05) is 5.92 Å². The number of hydrogen-bond acceptors (Lipinski definition) is 1. The molecule has 1 saturated carbocycles. The molecular formula is C20H32O. The molecule has 1 heteroatoms. The molecule has 0 aromatic rings. The number of hydrogen-bond donors (Lipinski definition) is 1. The predicted octanol–water partition coefficient (Wildman–Crippen LogP) is 5.11. The van der Waals surface area contributed by atoms with Gasteiger partial charge in [0.15, 0.2) is 0 Å². The maximum absolute atomic E-state index is 10.9. The number of aliphatic hydroxyl groups excluding tert-OH is 1. The molecule has 0 aromatic carbocycles. The average Bonchev–Trinajstić information content (AvgIpc) is 2.36. The topological polar surface area (TPSA) is 20.2 Å². The summed E-state index contributed by atoms with van der Waals surface area (Å²) in [5.74, 6) is 1.63. The van der Waals surface area contributed by atoms with Gasteiger partial charge in [-0.1, -0.05) is 58.8 Å². The molecular weight excluding hydrogens is 256 g/mol. The third-order valence-corrected chi connectivity index (χ3v) is 6.86. The highest BCUT2D eigenvalue weighted by molar-refractivity contribution is 5.37. The van der Waals surface area contributed by atoms with Crippen molar-refractivity contribution in [2.24, 2.45) is 28.6 Å². The molecule has 0 bridgehead atoms. The predicted molar refractivity (Wildman–Crippen MR) is 89.0 cm³/mol. The molecule has 0 aliphatic heterocycles. The van der Waals surface area contributed by atoms with E-state index >= 15 is 0 Å². The van der Waals surface area contributed by atoms with Gasteiger partial charge in [0.05, 0.1) is 6.10 Å². The summed E-state index contributed by atoms with van der Waals surface area (Å²) >= 11 is 0. The summed E-state index contributed by atoms with van der Waals surface area (Å²) < 4.78 is 0. The highest BCUT2D eigenvalue weighted by Crippen LogP contribution is 2.61. The summed E-state index contributed by atoms with van der Waals surface area (Å²) in [5, 5.41) is 10.9. The van der Waals surface area contributed by atoms with E-state index in [2.05, 4.69) is 46.8 Å². The van der Waals surface area contributed by atoms with Crippen LogP contribution < -0.4 is 0 Å². The van der Waals surface area contributed by atoms with Crippen molar-refractivity contribution in [1.82, 2.24) is 0 Å². The first-order chi connectivity index (χ1) is 9.75. The summed E-state index contributed by atoms with van der Waals surface area (Å²) in [5.41, 5.74) is 3.57. The second-order valence-electron chi connectivity index (χ2n) is 8.96. The smallest absolute Gasteiger partial charge is 0.0651 e. The van der Waals surface area contributed by atoms with Crippen LogP contribution in [0.3, 0.4) is 0 Å².